The Labute approximate surface area is 487 Å². The lowest BCUT2D eigenvalue weighted by molar-refractivity contribution is -0.383. The van der Waals surface area contributed by atoms with Crippen molar-refractivity contribution in [3.05, 3.63) is 35.6 Å². The highest BCUT2D eigenvalue weighted by Crippen LogP contribution is 2.40. The van der Waals surface area contributed by atoms with E-state index in [0.29, 0.717) is 0 Å². The summed E-state index contributed by atoms with van der Waals surface area (Å²) in [6, 6.07) is -2.94. The number of carbonyl (C=O) groups excluding carboxylic acids is 6. The first-order valence-electron chi connectivity index (χ1n) is 26.6. The molecule has 0 bridgehead atoms. The van der Waals surface area contributed by atoms with E-state index >= 15 is 0 Å². The van der Waals surface area contributed by atoms with Crippen molar-refractivity contribution in [2.75, 3.05) is 33.5 Å². The monoisotopic (exact) mass is 1240 g/mol. The molecule has 0 saturated carbocycles. The summed E-state index contributed by atoms with van der Waals surface area (Å²) in [7, 11) is 0.948. The van der Waals surface area contributed by atoms with Crippen LogP contribution in [0.2, 0.25) is 0 Å². The summed E-state index contributed by atoms with van der Waals surface area (Å²) in [5.74, 6) is -16.8. The highest BCUT2D eigenvalue weighted by atomic mass is 19.1. The van der Waals surface area contributed by atoms with Crippen LogP contribution in [-0.4, -0.2) is 293 Å². The summed E-state index contributed by atoms with van der Waals surface area (Å²) in [4.78, 5) is 102. The lowest BCUT2D eigenvalue weighted by atomic mass is 9.88. The molecule has 0 spiro atoms. The maximum absolute atomic E-state index is 13.5. The maximum atomic E-state index is 13.5. The molecule has 1 aromatic rings. The number of rotatable bonds is 26. The molecule has 1 aromatic carbocycles. The average Bonchev–Trinajstić information content (AvgIpc) is 0.977. The molecule has 18 N–H and O–H groups in total. The van der Waals surface area contributed by atoms with Crippen molar-refractivity contribution in [2.24, 2.45) is 0 Å². The largest absolute Gasteiger partial charge is 0.477 e. The molecule has 4 fully saturated rings. The molecule has 36 heteroatoms. The topological polar surface area (TPSA) is 543 Å². The first-order valence-corrected chi connectivity index (χ1v) is 26.6. The minimum Gasteiger partial charge on any atom is -0.477 e. The van der Waals surface area contributed by atoms with Gasteiger partial charge in [-0.3, -0.25) is 24.0 Å². The standard InChI is InChI=1S/C50H74FN5O30/c1-17(30(44(73)78-6)53-18(2)59)80-45-33(56-21(5)62)39(83-46-38(71)42(36(69)28(15-58)81-46)86-50(48(76)77)12-25(64)32(55-20(4)61)41(85-50)35(68)27(66)14-57)37(70)29(82-45)16-79-49(47(74)75)11-24(63)31(54-19(3)60)40(84-49)34(67)26(65)13-52-43(72)22-7-9-23(51)10-8-22/h7-10,17,24-42,45-46,57-58,63-71H,11-16H2,1-6H3,(H,52,72)(H,53,59)(H,54,60)(H,55,61)(H,56,62)(H,74,75)(H,76,77)/t17-,24+,25+,26-,27-,28-,29-,30?,31-,32-,33-,34-,35-,36+,37+,38-,39-,40-,41-,42+,45+,46+,49-,50+/m1/s1. The molecular weight excluding hydrogens is 1170 g/mol. The molecule has 86 heavy (non-hydrogen) atoms. The van der Waals surface area contributed by atoms with Crippen molar-refractivity contribution in [1.82, 2.24) is 26.6 Å². The molecule has 4 aliphatic heterocycles. The third-order valence-corrected chi connectivity index (χ3v) is 14.4. The summed E-state index contributed by atoms with van der Waals surface area (Å²) in [6.45, 7) is 0.638. The average molecular weight is 1240 g/mol. The zero-order chi connectivity index (χ0) is 64.4. The molecule has 5 amide bonds. The van der Waals surface area contributed by atoms with Crippen molar-refractivity contribution in [3.63, 3.8) is 0 Å². The van der Waals surface area contributed by atoms with Gasteiger partial charge in [-0.2, -0.15) is 0 Å². The molecule has 0 radical (unpaired) electrons. The number of hydrogen-bond acceptors (Lipinski definition) is 28. The van der Waals surface area contributed by atoms with E-state index in [9.17, 15) is 109 Å². The van der Waals surface area contributed by atoms with Gasteiger partial charge in [0.05, 0.1) is 63.4 Å². The Hall–Kier alpha value is -5.85. The van der Waals surface area contributed by atoms with Crippen LogP contribution in [-0.2, 0) is 76.2 Å². The Morgan fingerprint density at radius 3 is 1.67 bits per heavy atom. The zero-order valence-corrected chi connectivity index (χ0v) is 46.9. The second-order valence-electron chi connectivity index (χ2n) is 20.8. The molecule has 24 atom stereocenters. The molecule has 4 aliphatic rings. The molecule has 35 nitrogen and oxygen atoms in total. The summed E-state index contributed by atoms with van der Waals surface area (Å²) in [5, 5.41) is 156. The summed E-state index contributed by atoms with van der Waals surface area (Å²) in [6.07, 6.45) is -41.4. The minimum atomic E-state index is -3.28. The Balaban J connectivity index is 1.55. The molecule has 1 unspecified atom stereocenters. The van der Waals surface area contributed by atoms with E-state index in [0.717, 1.165) is 59.1 Å². The molecule has 4 heterocycles. The number of halogens is 1. The Morgan fingerprint density at radius 2 is 1.17 bits per heavy atom. The number of methoxy groups -OCH3 is 1. The van der Waals surface area contributed by atoms with E-state index < -0.39 is 238 Å². The lowest BCUT2D eigenvalue weighted by Gasteiger charge is -2.51. The zero-order valence-electron chi connectivity index (χ0n) is 46.9. The third kappa shape index (κ3) is 16.9. The normalized spacial score (nSPS) is 35.0. The number of carbonyl (C=O) groups is 8. The number of ether oxygens (including phenoxy) is 9. The van der Waals surface area contributed by atoms with Crippen LogP contribution in [0.15, 0.2) is 24.3 Å². The maximum Gasteiger partial charge on any atom is 0.364 e. The highest BCUT2D eigenvalue weighted by molar-refractivity contribution is 5.94. The molecule has 0 aromatic heterocycles. The third-order valence-electron chi connectivity index (χ3n) is 14.4. The van der Waals surface area contributed by atoms with Gasteiger partial charge in [0, 0.05) is 52.6 Å². The van der Waals surface area contributed by atoms with Crippen LogP contribution in [0.1, 0.15) is 57.8 Å². The lowest BCUT2D eigenvalue weighted by Crippen LogP contribution is -2.71. The van der Waals surface area contributed by atoms with Crippen molar-refractivity contribution >= 4 is 47.4 Å². The number of aliphatic carboxylic acids is 2. The van der Waals surface area contributed by atoms with Crippen LogP contribution in [0, 0.1) is 5.82 Å². The van der Waals surface area contributed by atoms with E-state index in [4.69, 9.17) is 42.6 Å². The van der Waals surface area contributed by atoms with Gasteiger partial charge in [0.2, 0.25) is 23.6 Å². The van der Waals surface area contributed by atoms with Gasteiger partial charge < -0.3 is 136 Å². The molecule has 4 saturated heterocycles. The van der Waals surface area contributed by atoms with Gasteiger partial charge in [0.25, 0.3) is 17.5 Å². The highest BCUT2D eigenvalue weighted by Gasteiger charge is 2.62. The van der Waals surface area contributed by atoms with Gasteiger partial charge in [-0.1, -0.05) is 0 Å². The van der Waals surface area contributed by atoms with Crippen LogP contribution in [0.3, 0.4) is 0 Å². The van der Waals surface area contributed by atoms with E-state index in [1.54, 1.807) is 0 Å². The Morgan fingerprint density at radius 1 is 0.674 bits per heavy atom. The Bertz CT molecular complexity index is 2530. The number of esters is 1. The second kappa shape index (κ2) is 30.4. The van der Waals surface area contributed by atoms with Crippen molar-refractivity contribution in [1.29, 1.82) is 0 Å². The predicted octanol–water partition coefficient (Wildman–Crippen LogP) is -9.24. The van der Waals surface area contributed by atoms with Crippen LogP contribution in [0.25, 0.3) is 0 Å². The van der Waals surface area contributed by atoms with Crippen LogP contribution in [0.5, 0.6) is 0 Å². The number of aliphatic hydroxyl groups is 11. The number of aliphatic hydroxyl groups excluding tert-OH is 11. The fraction of sp³-hybridized carbons (Fsp3) is 0.720. The van der Waals surface area contributed by atoms with E-state index in [-0.39, 0.29) is 5.56 Å². The predicted molar refractivity (Wildman–Crippen MR) is 273 cm³/mol. The van der Waals surface area contributed by atoms with Gasteiger partial charge >= 0.3 is 17.9 Å². The van der Waals surface area contributed by atoms with E-state index in [1.165, 1.54) is 6.92 Å². The fourth-order valence-electron chi connectivity index (χ4n) is 10.1. The van der Waals surface area contributed by atoms with Crippen molar-refractivity contribution in [2.45, 2.75) is 193 Å². The fourth-order valence-corrected chi connectivity index (χ4v) is 10.1. The number of carboxylic acid groups (broad SMARTS) is 2. The summed E-state index contributed by atoms with van der Waals surface area (Å²) < 4.78 is 65.4. The van der Waals surface area contributed by atoms with E-state index in [2.05, 4.69) is 26.6 Å². The van der Waals surface area contributed by atoms with E-state index in [1.807, 2.05) is 0 Å². The smallest absolute Gasteiger partial charge is 0.364 e. The number of nitrogens with one attached hydrogen (secondary N) is 5. The van der Waals surface area contributed by atoms with Gasteiger partial charge in [-0.25, -0.2) is 18.8 Å². The minimum absolute atomic E-state index is 0.0870. The number of benzene rings is 1. The SMILES string of the molecule is COC(=O)C(NC(C)=O)[C@@H](C)O[C@H]1O[C@H](CO[C@]2(C(=O)O)C[C@H](O)[C@@H](NC(C)=O)[C@H]([C@H](O)[C@H](O)CNC(=O)c3ccc(F)cc3)O2)[C@H](O)[C@H](O[C@@H]2O[C@H](CO)[C@H](O)[C@H](O[C@]3(C(=O)O)C[C@H](O)[C@@H](NC(C)=O)[C@H]([C@H](O)[C@H](O)CO)O3)[C@H]2O)[C@H]1NC(C)=O. The van der Waals surface area contributed by atoms with Crippen molar-refractivity contribution in [3.8, 4) is 0 Å². The van der Waals surface area contributed by atoms with Crippen LogP contribution in [0.4, 0.5) is 4.39 Å². The van der Waals surface area contributed by atoms with Gasteiger partial charge in [-0.15, -0.1) is 0 Å². The number of amides is 5. The van der Waals surface area contributed by atoms with Crippen molar-refractivity contribution < 1.29 is 152 Å². The molecular formula is C50H74FN5O30. The first-order chi connectivity index (χ1) is 40.2. The molecule has 5 rings (SSSR count). The quantitative estimate of drug-likeness (QED) is 0.0383. The second-order valence-corrected chi connectivity index (χ2v) is 20.8. The summed E-state index contributed by atoms with van der Waals surface area (Å²) in [5.41, 5.74) is -0.0870. The van der Waals surface area contributed by atoms with Crippen LogP contribution < -0.4 is 26.6 Å². The Kier molecular flexibility index (Phi) is 25.0. The van der Waals surface area contributed by atoms with Gasteiger partial charge in [0.1, 0.15) is 85.1 Å². The number of carboxylic acids is 2. The molecule has 486 valence electrons. The van der Waals surface area contributed by atoms with Gasteiger partial charge in [-0.05, 0) is 31.2 Å². The van der Waals surface area contributed by atoms with Gasteiger partial charge in [0.15, 0.2) is 18.6 Å². The number of hydrogen-bond donors (Lipinski definition) is 18. The van der Waals surface area contributed by atoms with Crippen LogP contribution >= 0.6 is 0 Å². The molecule has 0 aliphatic carbocycles. The summed E-state index contributed by atoms with van der Waals surface area (Å²) >= 11 is 0. The first kappa shape index (κ1) is 70.9.